The molecule has 6 nitrogen and oxygen atoms in total. The molecule has 3 atom stereocenters. The van der Waals surface area contributed by atoms with Crippen LogP contribution in [0.3, 0.4) is 0 Å². The Labute approximate surface area is 129 Å². The van der Waals surface area contributed by atoms with Crippen LogP contribution in [-0.2, 0) is 11.3 Å². The fourth-order valence-electron chi connectivity index (χ4n) is 3.54. The van der Waals surface area contributed by atoms with Crippen molar-refractivity contribution in [3.05, 3.63) is 35.9 Å². The van der Waals surface area contributed by atoms with Gasteiger partial charge < -0.3 is 20.1 Å². The van der Waals surface area contributed by atoms with Gasteiger partial charge in [-0.15, -0.1) is 0 Å². The Hall–Kier alpha value is -2.24. The number of nitrogens with zero attached hydrogens (tertiary/aromatic N) is 1. The second kappa shape index (κ2) is 6.25. The average molecular weight is 304 g/mol. The zero-order valence-corrected chi connectivity index (χ0v) is 12.3. The smallest absolute Gasteiger partial charge is 0.407 e. The summed E-state index contributed by atoms with van der Waals surface area (Å²) in [6, 6.07) is 9.56. The van der Waals surface area contributed by atoms with E-state index in [-0.39, 0.29) is 24.7 Å². The number of nitrogens with one attached hydrogen (secondary N) is 1. The lowest BCUT2D eigenvalue weighted by Crippen LogP contribution is -2.52. The maximum Gasteiger partial charge on any atom is 0.407 e. The Balaban J connectivity index is 1.48. The molecule has 0 radical (unpaired) electrons. The van der Waals surface area contributed by atoms with Crippen molar-refractivity contribution >= 4 is 12.2 Å². The van der Waals surface area contributed by atoms with Crippen LogP contribution < -0.4 is 5.32 Å². The number of carbonyl (C=O) groups excluding carboxylic acids is 1. The predicted octanol–water partition coefficient (Wildman–Crippen LogP) is 2.59. The lowest BCUT2D eigenvalue weighted by Gasteiger charge is -2.37. The van der Waals surface area contributed by atoms with Crippen LogP contribution in [0.5, 0.6) is 0 Å². The summed E-state index contributed by atoms with van der Waals surface area (Å²) < 4.78 is 5.22. The van der Waals surface area contributed by atoms with E-state index in [0.29, 0.717) is 12.8 Å². The first-order valence-corrected chi connectivity index (χ1v) is 7.62. The van der Waals surface area contributed by atoms with Crippen LogP contribution >= 0.6 is 0 Å². The number of fused-ring (bicyclic) bond motifs is 2. The first kappa shape index (κ1) is 14.7. The summed E-state index contributed by atoms with van der Waals surface area (Å²) in [4.78, 5) is 24.6. The molecule has 2 aliphatic rings. The van der Waals surface area contributed by atoms with Gasteiger partial charge in [0.25, 0.3) is 0 Å². The van der Waals surface area contributed by atoms with Crippen molar-refractivity contribution in [2.24, 2.45) is 0 Å². The molecule has 1 aromatic carbocycles. The molecule has 0 aliphatic carbocycles. The first-order chi connectivity index (χ1) is 10.6. The molecule has 0 spiro atoms. The molecule has 2 saturated heterocycles. The normalized spacial score (nSPS) is 26.5. The van der Waals surface area contributed by atoms with Crippen LogP contribution in [0.15, 0.2) is 30.3 Å². The SMILES string of the molecule is O=C(NC1C[C@H]2CC[C@@H](C1)N2C(=O)O)OCc1ccccc1. The molecule has 2 heterocycles. The monoisotopic (exact) mass is 304 g/mol. The zero-order valence-electron chi connectivity index (χ0n) is 12.3. The zero-order chi connectivity index (χ0) is 15.5. The second-order valence-electron chi connectivity index (χ2n) is 5.95. The molecule has 2 aliphatic heterocycles. The van der Waals surface area contributed by atoms with Crippen molar-refractivity contribution in [3.63, 3.8) is 0 Å². The van der Waals surface area contributed by atoms with Gasteiger partial charge in [0.05, 0.1) is 0 Å². The Morgan fingerprint density at radius 3 is 2.41 bits per heavy atom. The van der Waals surface area contributed by atoms with Gasteiger partial charge in [-0.05, 0) is 31.2 Å². The molecule has 0 aromatic heterocycles. The van der Waals surface area contributed by atoms with Gasteiger partial charge in [-0.1, -0.05) is 30.3 Å². The van der Waals surface area contributed by atoms with Crippen molar-refractivity contribution in [1.82, 2.24) is 10.2 Å². The van der Waals surface area contributed by atoms with E-state index in [1.54, 1.807) is 4.90 Å². The van der Waals surface area contributed by atoms with Gasteiger partial charge >= 0.3 is 12.2 Å². The number of amides is 2. The summed E-state index contributed by atoms with van der Waals surface area (Å²) in [5.41, 5.74) is 0.943. The van der Waals surface area contributed by atoms with Gasteiger partial charge in [-0.25, -0.2) is 9.59 Å². The van der Waals surface area contributed by atoms with Gasteiger partial charge in [0.1, 0.15) is 6.61 Å². The quantitative estimate of drug-likeness (QED) is 0.899. The molecule has 2 fully saturated rings. The molecule has 2 bridgehead atoms. The number of hydrogen-bond acceptors (Lipinski definition) is 3. The Kier molecular flexibility index (Phi) is 4.18. The first-order valence-electron chi connectivity index (χ1n) is 7.62. The molecule has 22 heavy (non-hydrogen) atoms. The average Bonchev–Trinajstić information content (AvgIpc) is 2.78. The van der Waals surface area contributed by atoms with E-state index in [2.05, 4.69) is 5.32 Å². The highest BCUT2D eigenvalue weighted by molar-refractivity contribution is 5.68. The Morgan fingerprint density at radius 1 is 1.18 bits per heavy atom. The lowest BCUT2D eigenvalue weighted by molar-refractivity contribution is 0.0873. The molecule has 2 amide bonds. The van der Waals surface area contributed by atoms with Crippen LogP contribution in [0.2, 0.25) is 0 Å². The van der Waals surface area contributed by atoms with Gasteiger partial charge in [-0.2, -0.15) is 0 Å². The Morgan fingerprint density at radius 2 is 1.82 bits per heavy atom. The molecule has 6 heteroatoms. The number of piperidine rings is 1. The van der Waals surface area contributed by atoms with E-state index in [0.717, 1.165) is 18.4 Å². The molecule has 3 rings (SSSR count). The lowest BCUT2D eigenvalue weighted by atomic mass is 9.98. The van der Waals surface area contributed by atoms with Crippen molar-refractivity contribution in [1.29, 1.82) is 0 Å². The van der Waals surface area contributed by atoms with Gasteiger partial charge in [0.2, 0.25) is 0 Å². The van der Waals surface area contributed by atoms with E-state index < -0.39 is 12.2 Å². The number of rotatable bonds is 3. The number of ether oxygens (including phenoxy) is 1. The summed E-state index contributed by atoms with van der Waals surface area (Å²) in [6.45, 7) is 0.244. The van der Waals surface area contributed by atoms with Crippen LogP contribution in [-0.4, -0.2) is 40.3 Å². The van der Waals surface area contributed by atoms with Crippen LogP contribution in [0, 0.1) is 0 Å². The third-order valence-electron chi connectivity index (χ3n) is 4.49. The fraction of sp³-hybridized carbons (Fsp3) is 0.500. The summed E-state index contributed by atoms with van der Waals surface area (Å²) in [5.74, 6) is 0. The van der Waals surface area contributed by atoms with Crippen LogP contribution in [0.25, 0.3) is 0 Å². The summed E-state index contributed by atoms with van der Waals surface area (Å²) in [7, 11) is 0. The third-order valence-corrected chi connectivity index (χ3v) is 4.49. The second-order valence-corrected chi connectivity index (χ2v) is 5.95. The third kappa shape index (κ3) is 3.16. The van der Waals surface area contributed by atoms with Gasteiger partial charge in [-0.3, -0.25) is 0 Å². The summed E-state index contributed by atoms with van der Waals surface area (Å²) in [5, 5.41) is 12.1. The molecule has 1 aromatic rings. The molecule has 118 valence electrons. The highest BCUT2D eigenvalue weighted by atomic mass is 16.5. The van der Waals surface area contributed by atoms with E-state index in [1.165, 1.54) is 0 Å². The van der Waals surface area contributed by atoms with Gasteiger partial charge in [0.15, 0.2) is 0 Å². The standard InChI is InChI=1S/C16H20N2O4/c19-15(22-10-11-4-2-1-3-5-11)17-12-8-13-6-7-14(9-12)18(13)16(20)21/h1-5,12-14H,6-10H2,(H,17,19)(H,20,21)/t12?,13-,14+. The van der Waals surface area contributed by atoms with Crippen molar-refractivity contribution in [2.75, 3.05) is 0 Å². The maximum absolute atomic E-state index is 11.9. The van der Waals surface area contributed by atoms with Gasteiger partial charge in [0, 0.05) is 18.1 Å². The number of carboxylic acid groups (broad SMARTS) is 1. The molecule has 2 N–H and O–H groups in total. The minimum atomic E-state index is -0.849. The van der Waals surface area contributed by atoms with E-state index in [9.17, 15) is 14.7 Å². The largest absolute Gasteiger partial charge is 0.465 e. The Bertz CT molecular complexity index is 534. The summed E-state index contributed by atoms with van der Waals surface area (Å²) in [6.07, 6.45) is 1.82. The van der Waals surface area contributed by atoms with Crippen molar-refractivity contribution in [3.8, 4) is 0 Å². The summed E-state index contributed by atoms with van der Waals surface area (Å²) >= 11 is 0. The maximum atomic E-state index is 11.9. The number of carbonyl (C=O) groups is 2. The highest BCUT2D eigenvalue weighted by Gasteiger charge is 2.43. The predicted molar refractivity (Wildman–Crippen MR) is 79.5 cm³/mol. The molecule has 1 unspecified atom stereocenters. The molecule has 0 saturated carbocycles. The van der Waals surface area contributed by atoms with E-state index in [1.807, 2.05) is 30.3 Å². The topological polar surface area (TPSA) is 78.9 Å². The van der Waals surface area contributed by atoms with Crippen LogP contribution in [0.1, 0.15) is 31.2 Å². The molecular formula is C16H20N2O4. The van der Waals surface area contributed by atoms with E-state index >= 15 is 0 Å². The van der Waals surface area contributed by atoms with Crippen molar-refractivity contribution < 1.29 is 19.4 Å². The van der Waals surface area contributed by atoms with E-state index in [4.69, 9.17) is 4.74 Å². The number of hydrogen-bond donors (Lipinski definition) is 2. The van der Waals surface area contributed by atoms with Crippen LogP contribution in [0.4, 0.5) is 9.59 Å². The molecular weight excluding hydrogens is 284 g/mol. The number of benzene rings is 1. The van der Waals surface area contributed by atoms with Crippen molar-refractivity contribution in [2.45, 2.75) is 50.4 Å². The fourth-order valence-corrected chi connectivity index (χ4v) is 3.54. The number of alkyl carbamates (subject to hydrolysis) is 1. The minimum Gasteiger partial charge on any atom is -0.465 e. The minimum absolute atomic E-state index is 0.00336. The highest BCUT2D eigenvalue weighted by Crippen LogP contribution is 2.35.